The number of benzene rings is 1. The third-order valence-electron chi connectivity index (χ3n) is 3.17. The molecular weight excluding hydrogens is 316 g/mol. The van der Waals surface area contributed by atoms with E-state index < -0.39 is 36.9 Å². The van der Waals surface area contributed by atoms with Gasteiger partial charge in [-0.2, -0.15) is 0 Å². The summed E-state index contributed by atoms with van der Waals surface area (Å²) in [5, 5.41) is 21.8. The van der Waals surface area contributed by atoms with Crippen LogP contribution in [-0.4, -0.2) is 46.6 Å². The van der Waals surface area contributed by atoms with Crippen molar-refractivity contribution in [3.8, 4) is 0 Å². The van der Waals surface area contributed by atoms with Crippen LogP contribution in [0.2, 0.25) is 0 Å². The summed E-state index contributed by atoms with van der Waals surface area (Å²) >= 11 is 0. The molecule has 8 heteroatoms. The quantitative estimate of drug-likeness (QED) is 0.481. The van der Waals surface area contributed by atoms with E-state index in [1.165, 1.54) is 0 Å². The maximum absolute atomic E-state index is 11.6. The number of nitrogens with one attached hydrogen (secondary N) is 2. The molecule has 24 heavy (non-hydrogen) atoms. The number of hydrogen-bond donors (Lipinski definition) is 4. The number of hydrogen-bond acceptors (Lipinski definition) is 4. The van der Waals surface area contributed by atoms with Gasteiger partial charge in [-0.3, -0.25) is 14.4 Å². The number of carboxylic acids is 2. The highest BCUT2D eigenvalue weighted by molar-refractivity contribution is 5.89. The molecule has 0 heterocycles. The summed E-state index contributed by atoms with van der Waals surface area (Å²) in [5.74, 6) is -3.86. The predicted octanol–water partition coefficient (Wildman–Crippen LogP) is 0.170. The molecule has 1 aromatic carbocycles. The fourth-order valence-corrected chi connectivity index (χ4v) is 1.99. The van der Waals surface area contributed by atoms with Gasteiger partial charge in [-0.05, 0) is 18.4 Å². The second-order valence-corrected chi connectivity index (χ2v) is 5.17. The van der Waals surface area contributed by atoms with Crippen molar-refractivity contribution in [2.24, 2.45) is 0 Å². The van der Waals surface area contributed by atoms with Crippen molar-refractivity contribution in [2.75, 3.05) is 6.54 Å². The Bertz CT molecular complexity index is 587. The molecule has 1 atom stereocenters. The van der Waals surface area contributed by atoms with Crippen LogP contribution in [0, 0.1) is 0 Å². The van der Waals surface area contributed by atoms with Gasteiger partial charge in [-0.25, -0.2) is 4.79 Å². The van der Waals surface area contributed by atoms with Crippen LogP contribution in [0.1, 0.15) is 24.8 Å². The smallest absolute Gasteiger partial charge is 0.326 e. The number of carbonyl (C=O) groups excluding carboxylic acids is 2. The summed E-state index contributed by atoms with van der Waals surface area (Å²) in [7, 11) is 0. The molecule has 1 aromatic rings. The van der Waals surface area contributed by atoms with E-state index in [1.54, 1.807) is 0 Å². The van der Waals surface area contributed by atoms with Crippen LogP contribution in [0.15, 0.2) is 30.3 Å². The first kappa shape index (κ1) is 19.1. The van der Waals surface area contributed by atoms with E-state index in [0.29, 0.717) is 6.42 Å². The Kier molecular flexibility index (Phi) is 7.97. The molecule has 0 saturated heterocycles. The Morgan fingerprint density at radius 2 is 1.67 bits per heavy atom. The average molecular weight is 336 g/mol. The molecule has 0 saturated carbocycles. The lowest BCUT2D eigenvalue weighted by molar-refractivity contribution is -0.147. The van der Waals surface area contributed by atoms with Gasteiger partial charge in [0.25, 0.3) is 0 Å². The standard InChI is InChI=1S/C16H20N2O6/c19-13(8-4-7-11-5-2-1-3-6-11)17-10-14(20)18-12(16(23)24)9-15(21)22/h1-3,5-6,12H,4,7-10H2,(H,17,19)(H,18,20)(H,21,22)(H,23,24)/t12-/m0/s1. The van der Waals surface area contributed by atoms with Gasteiger partial charge in [0.05, 0.1) is 13.0 Å². The van der Waals surface area contributed by atoms with Crippen molar-refractivity contribution in [1.82, 2.24) is 10.6 Å². The maximum atomic E-state index is 11.6. The number of aryl methyl sites for hydroxylation is 1. The molecule has 130 valence electrons. The minimum atomic E-state index is -1.52. The molecule has 8 nitrogen and oxygen atoms in total. The molecule has 0 aliphatic rings. The summed E-state index contributed by atoms with van der Waals surface area (Å²) in [4.78, 5) is 44.5. The highest BCUT2D eigenvalue weighted by atomic mass is 16.4. The van der Waals surface area contributed by atoms with Gasteiger partial charge in [-0.1, -0.05) is 30.3 Å². The van der Waals surface area contributed by atoms with Gasteiger partial charge in [0.2, 0.25) is 11.8 Å². The Labute approximate surface area is 138 Å². The first-order valence-electron chi connectivity index (χ1n) is 7.43. The van der Waals surface area contributed by atoms with E-state index in [-0.39, 0.29) is 12.3 Å². The summed E-state index contributed by atoms with van der Waals surface area (Å²) < 4.78 is 0. The van der Waals surface area contributed by atoms with E-state index in [2.05, 4.69) is 10.6 Å². The molecule has 0 aliphatic carbocycles. The van der Waals surface area contributed by atoms with Crippen molar-refractivity contribution >= 4 is 23.8 Å². The van der Waals surface area contributed by atoms with Crippen LogP contribution in [0.5, 0.6) is 0 Å². The Morgan fingerprint density at radius 3 is 2.25 bits per heavy atom. The monoisotopic (exact) mass is 336 g/mol. The first-order chi connectivity index (χ1) is 11.4. The van der Waals surface area contributed by atoms with Gasteiger partial charge < -0.3 is 20.8 Å². The molecule has 0 radical (unpaired) electrons. The lowest BCUT2D eigenvalue weighted by Crippen LogP contribution is -2.46. The second-order valence-electron chi connectivity index (χ2n) is 5.17. The van der Waals surface area contributed by atoms with Crippen molar-refractivity contribution in [2.45, 2.75) is 31.7 Å². The van der Waals surface area contributed by atoms with E-state index >= 15 is 0 Å². The van der Waals surface area contributed by atoms with E-state index in [1.807, 2.05) is 30.3 Å². The molecule has 0 unspecified atom stereocenters. The first-order valence-corrected chi connectivity index (χ1v) is 7.43. The molecule has 0 bridgehead atoms. The molecule has 2 amide bonds. The highest BCUT2D eigenvalue weighted by Crippen LogP contribution is 2.04. The Hall–Kier alpha value is -2.90. The van der Waals surface area contributed by atoms with E-state index in [4.69, 9.17) is 10.2 Å². The fourth-order valence-electron chi connectivity index (χ4n) is 1.99. The minimum absolute atomic E-state index is 0.236. The molecule has 0 aliphatic heterocycles. The zero-order valence-corrected chi connectivity index (χ0v) is 13.0. The lowest BCUT2D eigenvalue weighted by Gasteiger charge is -2.12. The SMILES string of the molecule is O=C(O)C[C@H](NC(=O)CNC(=O)CCCc1ccccc1)C(=O)O. The summed E-state index contributed by atoms with van der Waals surface area (Å²) in [5.41, 5.74) is 1.11. The fraction of sp³-hybridized carbons (Fsp3) is 0.375. The summed E-state index contributed by atoms with van der Waals surface area (Å²) in [6.45, 7) is -0.395. The van der Waals surface area contributed by atoms with E-state index in [0.717, 1.165) is 12.0 Å². The van der Waals surface area contributed by atoms with Crippen LogP contribution in [0.25, 0.3) is 0 Å². The number of amides is 2. The number of carboxylic acid groups (broad SMARTS) is 2. The molecule has 4 N–H and O–H groups in total. The Morgan fingerprint density at radius 1 is 1.00 bits per heavy atom. The van der Waals surface area contributed by atoms with Gasteiger partial charge in [0.1, 0.15) is 6.04 Å². The van der Waals surface area contributed by atoms with Gasteiger partial charge in [0.15, 0.2) is 0 Å². The average Bonchev–Trinajstić information content (AvgIpc) is 2.53. The summed E-state index contributed by atoms with van der Waals surface area (Å²) in [6.07, 6.45) is 0.861. The highest BCUT2D eigenvalue weighted by Gasteiger charge is 2.22. The number of rotatable bonds is 10. The minimum Gasteiger partial charge on any atom is -0.481 e. The van der Waals surface area contributed by atoms with Crippen molar-refractivity contribution < 1.29 is 29.4 Å². The number of carbonyl (C=O) groups is 4. The van der Waals surface area contributed by atoms with Gasteiger partial charge in [-0.15, -0.1) is 0 Å². The van der Waals surface area contributed by atoms with Crippen LogP contribution >= 0.6 is 0 Å². The van der Waals surface area contributed by atoms with Crippen molar-refractivity contribution in [3.63, 3.8) is 0 Å². The molecule has 0 aromatic heterocycles. The number of aliphatic carboxylic acids is 2. The molecule has 0 fully saturated rings. The van der Waals surface area contributed by atoms with Crippen LogP contribution in [0.4, 0.5) is 0 Å². The topological polar surface area (TPSA) is 133 Å². The zero-order chi connectivity index (χ0) is 17.9. The maximum Gasteiger partial charge on any atom is 0.326 e. The third kappa shape index (κ3) is 7.92. The Balaban J connectivity index is 2.26. The van der Waals surface area contributed by atoms with E-state index in [9.17, 15) is 19.2 Å². The molecule has 0 spiro atoms. The predicted molar refractivity (Wildman–Crippen MR) is 84.2 cm³/mol. The third-order valence-corrected chi connectivity index (χ3v) is 3.17. The zero-order valence-electron chi connectivity index (χ0n) is 13.0. The van der Waals surface area contributed by atoms with Gasteiger partial charge in [0, 0.05) is 6.42 Å². The largest absolute Gasteiger partial charge is 0.481 e. The van der Waals surface area contributed by atoms with Crippen LogP contribution in [0.3, 0.4) is 0 Å². The lowest BCUT2D eigenvalue weighted by atomic mass is 10.1. The molecular formula is C16H20N2O6. The normalized spacial score (nSPS) is 11.3. The summed E-state index contributed by atoms with van der Waals surface area (Å²) in [6, 6.07) is 8.12. The van der Waals surface area contributed by atoms with Crippen LogP contribution in [-0.2, 0) is 25.6 Å². The van der Waals surface area contributed by atoms with Crippen molar-refractivity contribution in [1.29, 1.82) is 0 Å². The van der Waals surface area contributed by atoms with Gasteiger partial charge >= 0.3 is 11.9 Å². The second kappa shape index (κ2) is 9.98. The molecule has 1 rings (SSSR count). The van der Waals surface area contributed by atoms with Crippen molar-refractivity contribution in [3.05, 3.63) is 35.9 Å². The van der Waals surface area contributed by atoms with Crippen LogP contribution < -0.4 is 10.6 Å².